The Hall–Kier alpha value is -2.62. The average molecular weight is 308 g/mol. The number of nitrogens with one attached hydrogen (secondary N) is 1. The highest BCUT2D eigenvalue weighted by Crippen LogP contribution is 2.16. The van der Waals surface area contributed by atoms with Crippen molar-refractivity contribution in [2.24, 2.45) is 0 Å². The molecule has 0 aliphatic carbocycles. The second-order valence-corrected chi connectivity index (χ2v) is 5.69. The van der Waals surface area contributed by atoms with Crippen LogP contribution in [0.15, 0.2) is 59.0 Å². The lowest BCUT2D eigenvalue weighted by molar-refractivity contribution is -0.121. The summed E-state index contributed by atoms with van der Waals surface area (Å²) in [5.74, 6) is 0.928. The third-order valence-electron chi connectivity index (χ3n) is 3.88. The smallest absolute Gasteiger partial charge is 0.220 e. The number of fused-ring (bicyclic) bond motifs is 1. The molecule has 0 bridgehead atoms. The second kappa shape index (κ2) is 7.09. The summed E-state index contributed by atoms with van der Waals surface area (Å²) in [5, 5.41) is 2.98. The summed E-state index contributed by atoms with van der Waals surface area (Å²) in [6.07, 6.45) is 0.897. The molecule has 1 amide bonds. The molecule has 3 aromatic rings. The van der Waals surface area contributed by atoms with Crippen molar-refractivity contribution >= 4 is 17.0 Å². The second-order valence-electron chi connectivity index (χ2n) is 5.69. The van der Waals surface area contributed by atoms with Crippen LogP contribution in [0, 0.1) is 0 Å². The molecule has 0 aliphatic rings. The maximum atomic E-state index is 12.0. The maximum absolute atomic E-state index is 12.0. The predicted molar refractivity (Wildman–Crippen MR) is 90.2 cm³/mol. The van der Waals surface area contributed by atoms with Crippen molar-refractivity contribution in [2.75, 3.05) is 6.54 Å². The molecule has 1 N–H and O–H groups in total. The monoisotopic (exact) mass is 308 g/mol. The molecule has 1 atom stereocenters. The highest BCUT2D eigenvalue weighted by Gasteiger charge is 2.10. The van der Waals surface area contributed by atoms with Gasteiger partial charge in [0.1, 0.15) is 5.52 Å². The minimum Gasteiger partial charge on any atom is -0.441 e. The van der Waals surface area contributed by atoms with Gasteiger partial charge in [-0.2, -0.15) is 0 Å². The fraction of sp³-hybridized carbons (Fsp3) is 0.263. The zero-order valence-corrected chi connectivity index (χ0v) is 13.2. The summed E-state index contributed by atoms with van der Waals surface area (Å²) in [4.78, 5) is 16.4. The Bertz CT molecular complexity index is 747. The summed E-state index contributed by atoms with van der Waals surface area (Å²) in [5.41, 5.74) is 2.83. The Kier molecular flexibility index (Phi) is 4.71. The minimum atomic E-state index is 0.0232. The number of hydrogen-bond donors (Lipinski definition) is 1. The molecule has 0 fully saturated rings. The number of oxazole rings is 1. The molecule has 4 heteroatoms. The topological polar surface area (TPSA) is 55.1 Å². The largest absolute Gasteiger partial charge is 0.441 e. The normalized spacial score (nSPS) is 12.2. The molecular weight excluding hydrogens is 288 g/mol. The van der Waals surface area contributed by atoms with Crippen LogP contribution in [0.5, 0.6) is 0 Å². The van der Waals surface area contributed by atoms with E-state index in [1.165, 1.54) is 5.56 Å². The van der Waals surface area contributed by atoms with E-state index in [0.29, 0.717) is 31.2 Å². The molecule has 4 nitrogen and oxygen atoms in total. The first kappa shape index (κ1) is 15.3. The van der Waals surface area contributed by atoms with Crippen LogP contribution in [-0.2, 0) is 11.2 Å². The number of rotatable bonds is 6. The zero-order valence-electron chi connectivity index (χ0n) is 13.2. The first-order valence-corrected chi connectivity index (χ1v) is 7.88. The molecule has 1 aromatic heterocycles. The van der Waals surface area contributed by atoms with Crippen LogP contribution in [0.1, 0.15) is 30.7 Å². The van der Waals surface area contributed by atoms with E-state index in [1.807, 2.05) is 42.5 Å². The lowest BCUT2D eigenvalue weighted by atomic mass is 10.0. The number of aromatic nitrogens is 1. The number of para-hydroxylation sites is 2. The van der Waals surface area contributed by atoms with Gasteiger partial charge in [0.15, 0.2) is 11.5 Å². The van der Waals surface area contributed by atoms with E-state index in [9.17, 15) is 4.79 Å². The average Bonchev–Trinajstić information content (AvgIpc) is 3.01. The van der Waals surface area contributed by atoms with Crippen LogP contribution in [0.3, 0.4) is 0 Å². The van der Waals surface area contributed by atoms with Crippen molar-refractivity contribution in [1.29, 1.82) is 0 Å². The van der Waals surface area contributed by atoms with E-state index in [1.54, 1.807) is 0 Å². The summed E-state index contributed by atoms with van der Waals surface area (Å²) in [6.45, 7) is 2.74. The summed E-state index contributed by atoms with van der Waals surface area (Å²) in [7, 11) is 0. The van der Waals surface area contributed by atoms with Crippen molar-refractivity contribution in [3.05, 3.63) is 66.1 Å². The number of benzene rings is 2. The molecule has 1 heterocycles. The van der Waals surface area contributed by atoms with Gasteiger partial charge in [-0.15, -0.1) is 0 Å². The van der Waals surface area contributed by atoms with Crippen molar-refractivity contribution in [3.8, 4) is 0 Å². The van der Waals surface area contributed by atoms with Gasteiger partial charge in [0, 0.05) is 19.4 Å². The first-order chi connectivity index (χ1) is 11.2. The number of carbonyl (C=O) groups excluding carboxylic acids is 1. The molecule has 1 unspecified atom stereocenters. The molecule has 3 rings (SSSR count). The summed E-state index contributed by atoms with van der Waals surface area (Å²) >= 11 is 0. The standard InChI is InChI=1S/C19H20N2O2/c1-14(15-7-3-2-4-8-15)13-20-18(22)11-12-19-21-16-9-5-6-10-17(16)23-19/h2-10,14H,11-13H2,1H3,(H,20,22). The zero-order chi connectivity index (χ0) is 16.1. The van der Waals surface area contributed by atoms with Gasteiger partial charge in [-0.3, -0.25) is 4.79 Å². The molecule has 118 valence electrons. The first-order valence-electron chi connectivity index (χ1n) is 7.88. The number of nitrogens with zero attached hydrogens (tertiary/aromatic N) is 1. The number of hydrogen-bond acceptors (Lipinski definition) is 3. The van der Waals surface area contributed by atoms with Crippen LogP contribution in [0.4, 0.5) is 0 Å². The number of aryl methyl sites for hydroxylation is 1. The van der Waals surface area contributed by atoms with Gasteiger partial charge >= 0.3 is 0 Å². The molecule has 0 saturated carbocycles. The third-order valence-corrected chi connectivity index (χ3v) is 3.88. The Labute approximate surface area is 135 Å². The molecule has 0 aliphatic heterocycles. The van der Waals surface area contributed by atoms with Gasteiger partial charge in [0.2, 0.25) is 5.91 Å². The van der Waals surface area contributed by atoms with Gasteiger partial charge in [-0.05, 0) is 23.6 Å². The van der Waals surface area contributed by atoms with Gasteiger partial charge in [-0.25, -0.2) is 4.98 Å². The Morgan fingerprint density at radius 1 is 1.13 bits per heavy atom. The van der Waals surface area contributed by atoms with Crippen molar-refractivity contribution < 1.29 is 9.21 Å². The van der Waals surface area contributed by atoms with Gasteiger partial charge < -0.3 is 9.73 Å². The van der Waals surface area contributed by atoms with Crippen molar-refractivity contribution in [3.63, 3.8) is 0 Å². The van der Waals surface area contributed by atoms with E-state index < -0.39 is 0 Å². The summed E-state index contributed by atoms with van der Waals surface area (Å²) < 4.78 is 5.62. The fourth-order valence-electron chi connectivity index (χ4n) is 2.50. The minimum absolute atomic E-state index is 0.0232. The van der Waals surface area contributed by atoms with E-state index in [-0.39, 0.29) is 5.91 Å². The highest BCUT2D eigenvalue weighted by molar-refractivity contribution is 5.76. The molecule has 0 spiro atoms. The van der Waals surface area contributed by atoms with Gasteiger partial charge in [0.05, 0.1) is 0 Å². The number of carbonyl (C=O) groups is 1. The highest BCUT2D eigenvalue weighted by atomic mass is 16.3. The quantitative estimate of drug-likeness (QED) is 0.755. The Morgan fingerprint density at radius 3 is 2.65 bits per heavy atom. The molecule has 0 radical (unpaired) electrons. The predicted octanol–water partition coefficient (Wildman–Crippen LogP) is 3.68. The molecular formula is C19H20N2O2. The van der Waals surface area contributed by atoms with Crippen LogP contribution >= 0.6 is 0 Å². The third kappa shape index (κ3) is 3.97. The van der Waals surface area contributed by atoms with Gasteiger partial charge in [-0.1, -0.05) is 49.4 Å². The SMILES string of the molecule is CC(CNC(=O)CCc1nc2ccccc2o1)c1ccccc1. The Morgan fingerprint density at radius 2 is 1.87 bits per heavy atom. The maximum Gasteiger partial charge on any atom is 0.220 e. The molecule has 0 saturated heterocycles. The van der Waals surface area contributed by atoms with E-state index in [2.05, 4.69) is 29.4 Å². The number of amides is 1. The molecule has 23 heavy (non-hydrogen) atoms. The van der Waals surface area contributed by atoms with Crippen LogP contribution in [0.2, 0.25) is 0 Å². The van der Waals surface area contributed by atoms with E-state index >= 15 is 0 Å². The lowest BCUT2D eigenvalue weighted by Crippen LogP contribution is -2.27. The summed E-state index contributed by atoms with van der Waals surface area (Å²) in [6, 6.07) is 17.8. The van der Waals surface area contributed by atoms with Crippen molar-refractivity contribution in [2.45, 2.75) is 25.7 Å². The van der Waals surface area contributed by atoms with Crippen molar-refractivity contribution in [1.82, 2.24) is 10.3 Å². The molecule has 2 aromatic carbocycles. The van der Waals surface area contributed by atoms with E-state index in [0.717, 1.165) is 11.1 Å². The van der Waals surface area contributed by atoms with Crippen LogP contribution in [0.25, 0.3) is 11.1 Å². The van der Waals surface area contributed by atoms with Crippen LogP contribution < -0.4 is 5.32 Å². The lowest BCUT2D eigenvalue weighted by Gasteiger charge is -2.12. The fourth-order valence-corrected chi connectivity index (χ4v) is 2.50. The van der Waals surface area contributed by atoms with Gasteiger partial charge in [0.25, 0.3) is 0 Å². The Balaban J connectivity index is 1.48. The van der Waals surface area contributed by atoms with Crippen LogP contribution in [-0.4, -0.2) is 17.4 Å². The van der Waals surface area contributed by atoms with E-state index in [4.69, 9.17) is 4.42 Å².